The van der Waals surface area contributed by atoms with Crippen molar-refractivity contribution in [2.75, 3.05) is 26.0 Å². The van der Waals surface area contributed by atoms with Crippen molar-refractivity contribution in [2.24, 2.45) is 0 Å². The molecule has 2 heterocycles. The zero-order valence-corrected chi connectivity index (χ0v) is 15.0. The molecule has 0 bridgehead atoms. The Labute approximate surface area is 157 Å². The van der Waals surface area contributed by atoms with Gasteiger partial charge in [0.2, 0.25) is 5.65 Å². The third-order valence-electron chi connectivity index (χ3n) is 4.23. The summed E-state index contributed by atoms with van der Waals surface area (Å²) in [5.74, 6) is 0.0631. The van der Waals surface area contributed by atoms with Crippen LogP contribution in [0.2, 0.25) is 0 Å². The van der Waals surface area contributed by atoms with Gasteiger partial charge < -0.3 is 20.3 Å². The second-order valence-corrected chi connectivity index (χ2v) is 6.35. The molecule has 0 spiro atoms. The number of aromatic nitrogens is 3. The highest BCUT2D eigenvalue weighted by Crippen LogP contribution is 2.31. The Bertz CT molecular complexity index is 1000. The number of alkyl halides is 3. The average Bonchev–Trinajstić information content (AvgIpc) is 3.04. The summed E-state index contributed by atoms with van der Waals surface area (Å²) in [6.07, 6.45) is -3.31. The van der Waals surface area contributed by atoms with E-state index in [1.807, 2.05) is 0 Å². The molecule has 0 amide bonds. The zero-order valence-electron chi connectivity index (χ0n) is 15.0. The van der Waals surface area contributed by atoms with E-state index >= 15 is 0 Å². The summed E-state index contributed by atoms with van der Waals surface area (Å²) >= 11 is 0. The first-order valence-electron chi connectivity index (χ1n) is 8.23. The lowest BCUT2D eigenvalue weighted by atomic mass is 10.0. The lowest BCUT2D eigenvalue weighted by Crippen LogP contribution is -2.27. The van der Waals surface area contributed by atoms with Crippen molar-refractivity contribution in [2.45, 2.75) is 12.2 Å². The van der Waals surface area contributed by atoms with E-state index in [0.717, 1.165) is 22.8 Å². The number of fused-ring (bicyclic) bond motifs is 1. The second kappa shape index (κ2) is 7.43. The molecule has 28 heavy (non-hydrogen) atoms. The van der Waals surface area contributed by atoms with E-state index in [2.05, 4.69) is 15.4 Å². The van der Waals surface area contributed by atoms with Gasteiger partial charge in [-0.25, -0.2) is 4.98 Å². The summed E-state index contributed by atoms with van der Waals surface area (Å²) in [7, 11) is 3.51. The standard InChI is InChI=1S/C17H17F3N6O2/c1-24(2)13(11-4-3-5-12(8-11)17(18,19)20)9-21-14-6-7-15-22-10-16(26(27)28)25(15)23-14/h3-8,10,13H,9H2,1-2H3,(H,21,23). The number of rotatable bonds is 6. The molecule has 1 unspecified atom stereocenters. The van der Waals surface area contributed by atoms with Crippen molar-refractivity contribution in [3.8, 4) is 0 Å². The van der Waals surface area contributed by atoms with Crippen LogP contribution >= 0.6 is 0 Å². The van der Waals surface area contributed by atoms with Gasteiger partial charge in [0.05, 0.1) is 11.6 Å². The van der Waals surface area contributed by atoms with Crippen molar-refractivity contribution in [3.63, 3.8) is 0 Å². The number of anilines is 1. The van der Waals surface area contributed by atoms with Crippen molar-refractivity contribution in [1.29, 1.82) is 0 Å². The van der Waals surface area contributed by atoms with Crippen molar-refractivity contribution < 1.29 is 18.1 Å². The summed E-state index contributed by atoms with van der Waals surface area (Å²) in [5.41, 5.74) is 0.0896. The molecule has 0 aliphatic carbocycles. The van der Waals surface area contributed by atoms with Crippen LogP contribution in [-0.4, -0.2) is 45.1 Å². The molecule has 8 nitrogen and oxygen atoms in total. The van der Waals surface area contributed by atoms with Crippen LogP contribution in [0.15, 0.2) is 42.6 Å². The number of hydrogen-bond donors (Lipinski definition) is 1. The monoisotopic (exact) mass is 394 g/mol. The molecule has 0 aliphatic heterocycles. The van der Waals surface area contributed by atoms with Crippen LogP contribution in [0.25, 0.3) is 5.65 Å². The topological polar surface area (TPSA) is 88.6 Å². The number of benzene rings is 1. The lowest BCUT2D eigenvalue weighted by molar-refractivity contribution is -0.391. The van der Waals surface area contributed by atoms with E-state index in [0.29, 0.717) is 17.0 Å². The molecule has 2 aromatic heterocycles. The molecule has 1 atom stereocenters. The van der Waals surface area contributed by atoms with Gasteiger partial charge in [0.1, 0.15) is 6.20 Å². The molecular formula is C17H17F3N6O2. The normalized spacial score (nSPS) is 13.1. The van der Waals surface area contributed by atoms with E-state index in [1.165, 1.54) is 6.07 Å². The molecule has 1 N–H and O–H groups in total. The first-order valence-corrected chi connectivity index (χ1v) is 8.23. The van der Waals surface area contributed by atoms with Gasteiger partial charge >= 0.3 is 12.0 Å². The third-order valence-corrected chi connectivity index (χ3v) is 4.23. The van der Waals surface area contributed by atoms with Gasteiger partial charge in [0.15, 0.2) is 5.82 Å². The van der Waals surface area contributed by atoms with E-state index in [-0.39, 0.29) is 18.4 Å². The maximum absolute atomic E-state index is 13.0. The van der Waals surface area contributed by atoms with Crippen LogP contribution in [0.5, 0.6) is 0 Å². The Morgan fingerprint density at radius 1 is 1.29 bits per heavy atom. The number of hydrogen-bond acceptors (Lipinski definition) is 6. The average molecular weight is 394 g/mol. The molecule has 1 aromatic carbocycles. The minimum atomic E-state index is -4.42. The highest BCUT2D eigenvalue weighted by Gasteiger charge is 2.31. The summed E-state index contributed by atoms with van der Waals surface area (Å²) in [5, 5.41) is 18.2. The smallest absolute Gasteiger partial charge is 0.365 e. The van der Waals surface area contributed by atoms with Crippen LogP contribution in [-0.2, 0) is 6.18 Å². The van der Waals surface area contributed by atoms with Gasteiger partial charge in [-0.15, -0.1) is 0 Å². The third kappa shape index (κ3) is 4.03. The Balaban J connectivity index is 1.84. The largest absolute Gasteiger partial charge is 0.416 e. The molecule has 0 saturated carbocycles. The molecule has 148 valence electrons. The summed E-state index contributed by atoms with van der Waals surface area (Å²) in [6, 6.07) is 7.92. The molecule has 0 radical (unpaired) electrons. The Kier molecular flexibility index (Phi) is 5.18. The first-order chi connectivity index (χ1) is 13.2. The molecule has 3 aromatic rings. The minimum Gasteiger partial charge on any atom is -0.365 e. The minimum absolute atomic E-state index is 0.245. The van der Waals surface area contributed by atoms with Gasteiger partial charge in [-0.1, -0.05) is 21.7 Å². The van der Waals surface area contributed by atoms with Crippen molar-refractivity contribution in [1.82, 2.24) is 19.5 Å². The number of halogens is 3. The maximum Gasteiger partial charge on any atom is 0.416 e. The zero-order chi connectivity index (χ0) is 20.5. The lowest BCUT2D eigenvalue weighted by Gasteiger charge is -2.25. The Hall–Kier alpha value is -3.21. The number of nitro groups is 1. The van der Waals surface area contributed by atoms with E-state index in [1.54, 1.807) is 37.2 Å². The molecule has 11 heteroatoms. The number of nitrogens with one attached hydrogen (secondary N) is 1. The van der Waals surface area contributed by atoms with Crippen LogP contribution < -0.4 is 5.32 Å². The summed E-state index contributed by atoms with van der Waals surface area (Å²) in [4.78, 5) is 16.1. The summed E-state index contributed by atoms with van der Waals surface area (Å²) in [6.45, 7) is 0.245. The summed E-state index contributed by atoms with van der Waals surface area (Å²) < 4.78 is 40.1. The predicted molar refractivity (Wildman–Crippen MR) is 96.0 cm³/mol. The van der Waals surface area contributed by atoms with Crippen LogP contribution in [0, 0.1) is 10.1 Å². The van der Waals surface area contributed by atoms with Crippen LogP contribution in [0.1, 0.15) is 17.2 Å². The molecule has 0 aliphatic rings. The Morgan fingerprint density at radius 3 is 2.68 bits per heavy atom. The highest BCUT2D eigenvalue weighted by molar-refractivity contribution is 5.48. The van der Waals surface area contributed by atoms with E-state index < -0.39 is 16.7 Å². The van der Waals surface area contributed by atoms with Gasteiger partial charge in [-0.2, -0.15) is 13.2 Å². The quantitative estimate of drug-likeness (QED) is 0.509. The van der Waals surface area contributed by atoms with Crippen LogP contribution in [0.3, 0.4) is 0 Å². The number of nitrogens with zero attached hydrogens (tertiary/aromatic N) is 5. The van der Waals surface area contributed by atoms with Gasteiger partial charge in [0.25, 0.3) is 0 Å². The molecule has 0 saturated heterocycles. The molecule has 3 rings (SSSR count). The maximum atomic E-state index is 13.0. The van der Waals surface area contributed by atoms with E-state index in [9.17, 15) is 23.3 Å². The second-order valence-electron chi connectivity index (χ2n) is 6.35. The van der Waals surface area contributed by atoms with Gasteiger partial charge in [0, 0.05) is 12.6 Å². The van der Waals surface area contributed by atoms with Crippen molar-refractivity contribution >= 4 is 17.3 Å². The molecular weight excluding hydrogens is 377 g/mol. The van der Waals surface area contributed by atoms with Gasteiger partial charge in [-0.3, -0.25) is 0 Å². The van der Waals surface area contributed by atoms with Gasteiger partial charge in [-0.05, 0) is 42.8 Å². The van der Waals surface area contributed by atoms with Crippen molar-refractivity contribution in [3.05, 3.63) is 63.8 Å². The number of likely N-dealkylation sites (N-methyl/N-ethyl adjacent to an activating group) is 1. The SMILES string of the molecule is CN(C)C(CNc1ccc2ncc([N+](=O)[O-])n2n1)c1cccc(C(F)(F)F)c1. The fraction of sp³-hybridized carbons (Fsp3) is 0.294. The first kappa shape index (κ1) is 19.5. The molecule has 0 fully saturated rings. The Morgan fingerprint density at radius 2 is 2.04 bits per heavy atom. The fourth-order valence-electron chi connectivity index (χ4n) is 2.80. The van der Waals surface area contributed by atoms with E-state index in [4.69, 9.17) is 0 Å². The number of imidazole rings is 1. The highest BCUT2D eigenvalue weighted by atomic mass is 19.4. The fourth-order valence-corrected chi connectivity index (χ4v) is 2.80. The predicted octanol–water partition coefficient (Wildman–Crippen LogP) is 3.37. The van der Waals surface area contributed by atoms with Crippen LogP contribution in [0.4, 0.5) is 24.8 Å².